The first-order valence-corrected chi connectivity index (χ1v) is 6.50. The summed E-state index contributed by atoms with van der Waals surface area (Å²) in [5, 5.41) is 26.0. The Morgan fingerprint density at radius 3 is 2.90 bits per heavy atom. The average Bonchev–Trinajstić information content (AvgIpc) is 2.97. The minimum absolute atomic E-state index is 0.0245. The van der Waals surface area contributed by atoms with Gasteiger partial charge in [0.2, 0.25) is 5.82 Å². The Balaban J connectivity index is 1.80. The predicted molar refractivity (Wildman–Crippen MR) is 70.7 cm³/mol. The lowest BCUT2D eigenvalue weighted by Gasteiger charge is -2.40. The van der Waals surface area contributed by atoms with Crippen molar-refractivity contribution in [2.75, 3.05) is 6.61 Å². The van der Waals surface area contributed by atoms with Gasteiger partial charge in [0.05, 0.1) is 12.1 Å². The number of hydrogen-bond donors (Lipinski definition) is 3. The van der Waals surface area contributed by atoms with E-state index < -0.39 is 5.54 Å². The van der Waals surface area contributed by atoms with Gasteiger partial charge < -0.3 is 10.4 Å². The predicted octanol–water partition coefficient (Wildman–Crippen LogP) is 0.511. The van der Waals surface area contributed by atoms with Gasteiger partial charge in [-0.15, -0.1) is 10.2 Å². The maximum atomic E-state index is 12.2. The molecule has 3 rings (SSSR count). The first kappa shape index (κ1) is 12.7. The van der Waals surface area contributed by atoms with Gasteiger partial charge in [0.15, 0.2) is 0 Å². The Bertz CT molecular complexity index is 601. The summed E-state index contributed by atoms with van der Waals surface area (Å²) in [6.07, 6.45) is 2.67. The topological polar surface area (TPSA) is 104 Å². The number of aliphatic hydroxyl groups is 1. The van der Waals surface area contributed by atoms with Gasteiger partial charge in [0, 0.05) is 11.1 Å². The minimum Gasteiger partial charge on any atom is -0.394 e. The number of aromatic nitrogens is 4. The van der Waals surface area contributed by atoms with E-state index in [1.54, 1.807) is 18.2 Å². The van der Waals surface area contributed by atoms with Crippen LogP contribution >= 0.6 is 0 Å². The molecule has 0 radical (unpaired) electrons. The summed E-state index contributed by atoms with van der Waals surface area (Å²) in [5.41, 5.74) is 0.796. The number of aromatic amines is 1. The molecule has 1 aliphatic rings. The summed E-state index contributed by atoms with van der Waals surface area (Å²) in [5.74, 6) is 0.254. The maximum Gasteiger partial charge on any atom is 0.251 e. The van der Waals surface area contributed by atoms with E-state index in [-0.39, 0.29) is 12.5 Å². The van der Waals surface area contributed by atoms with Gasteiger partial charge in [-0.1, -0.05) is 12.1 Å². The number of carbonyl (C=O) groups is 1. The zero-order valence-corrected chi connectivity index (χ0v) is 10.8. The monoisotopic (exact) mass is 273 g/mol. The first-order valence-electron chi connectivity index (χ1n) is 6.50. The maximum absolute atomic E-state index is 12.2. The van der Waals surface area contributed by atoms with Crippen LogP contribution in [0.15, 0.2) is 24.3 Å². The van der Waals surface area contributed by atoms with Crippen molar-refractivity contribution in [1.82, 2.24) is 25.9 Å². The van der Waals surface area contributed by atoms with Crippen LogP contribution in [0.3, 0.4) is 0 Å². The van der Waals surface area contributed by atoms with Gasteiger partial charge in [-0.25, -0.2) is 0 Å². The average molecular weight is 273 g/mol. The molecular formula is C13H15N5O2. The van der Waals surface area contributed by atoms with Crippen molar-refractivity contribution in [3.63, 3.8) is 0 Å². The molecule has 20 heavy (non-hydrogen) atoms. The fourth-order valence-electron chi connectivity index (χ4n) is 2.32. The van der Waals surface area contributed by atoms with Crippen LogP contribution < -0.4 is 5.32 Å². The van der Waals surface area contributed by atoms with Crippen LogP contribution in [0, 0.1) is 0 Å². The molecule has 0 spiro atoms. The van der Waals surface area contributed by atoms with Gasteiger partial charge in [0.25, 0.3) is 5.91 Å². The SMILES string of the molecule is O=C(NC1(CO)CCC1)c1cccc(-c2nn[nH]n2)c1. The van der Waals surface area contributed by atoms with Crippen molar-refractivity contribution >= 4 is 5.91 Å². The lowest BCUT2D eigenvalue weighted by atomic mass is 9.77. The van der Waals surface area contributed by atoms with E-state index >= 15 is 0 Å². The molecule has 104 valence electrons. The molecule has 0 unspecified atom stereocenters. The molecule has 0 aliphatic heterocycles. The van der Waals surface area contributed by atoms with Crippen molar-refractivity contribution in [3.05, 3.63) is 29.8 Å². The minimum atomic E-state index is -0.445. The molecule has 2 aromatic rings. The number of rotatable bonds is 4. The Morgan fingerprint density at radius 1 is 1.45 bits per heavy atom. The quantitative estimate of drug-likeness (QED) is 0.753. The first-order chi connectivity index (χ1) is 9.72. The zero-order valence-electron chi connectivity index (χ0n) is 10.8. The van der Waals surface area contributed by atoms with Crippen LogP contribution in [0.5, 0.6) is 0 Å². The molecule has 1 heterocycles. The van der Waals surface area contributed by atoms with Gasteiger partial charge in [-0.2, -0.15) is 5.21 Å². The molecule has 1 fully saturated rings. The molecule has 1 aromatic carbocycles. The fourth-order valence-corrected chi connectivity index (χ4v) is 2.32. The molecule has 0 atom stereocenters. The molecule has 1 amide bonds. The number of tetrazole rings is 1. The summed E-state index contributed by atoms with van der Waals surface area (Å²) in [6.45, 7) is -0.0245. The number of hydrogen-bond acceptors (Lipinski definition) is 5. The second-order valence-electron chi connectivity index (χ2n) is 5.06. The second kappa shape index (κ2) is 5.01. The van der Waals surface area contributed by atoms with Crippen LogP contribution in [-0.2, 0) is 0 Å². The lowest BCUT2D eigenvalue weighted by molar-refractivity contribution is 0.0641. The van der Waals surface area contributed by atoms with Crippen molar-refractivity contribution < 1.29 is 9.90 Å². The van der Waals surface area contributed by atoms with E-state index in [2.05, 4.69) is 25.9 Å². The highest BCUT2D eigenvalue weighted by molar-refractivity contribution is 5.95. The largest absolute Gasteiger partial charge is 0.394 e. The number of amides is 1. The third-order valence-electron chi connectivity index (χ3n) is 3.72. The number of aliphatic hydroxyl groups excluding tert-OH is 1. The smallest absolute Gasteiger partial charge is 0.251 e. The second-order valence-corrected chi connectivity index (χ2v) is 5.06. The van der Waals surface area contributed by atoms with Gasteiger partial charge in [-0.3, -0.25) is 4.79 Å². The van der Waals surface area contributed by atoms with Crippen LogP contribution in [0.1, 0.15) is 29.6 Å². The van der Waals surface area contributed by atoms with Crippen molar-refractivity contribution in [2.24, 2.45) is 0 Å². The molecule has 1 saturated carbocycles. The van der Waals surface area contributed by atoms with E-state index in [0.717, 1.165) is 24.8 Å². The zero-order chi connectivity index (χ0) is 14.0. The van der Waals surface area contributed by atoms with E-state index in [1.807, 2.05) is 6.07 Å². The van der Waals surface area contributed by atoms with E-state index in [0.29, 0.717) is 11.4 Å². The highest BCUT2D eigenvalue weighted by Crippen LogP contribution is 2.31. The highest BCUT2D eigenvalue weighted by Gasteiger charge is 2.37. The van der Waals surface area contributed by atoms with E-state index in [4.69, 9.17) is 0 Å². The van der Waals surface area contributed by atoms with E-state index in [9.17, 15) is 9.90 Å². The normalized spacial score (nSPS) is 16.4. The fraction of sp³-hybridized carbons (Fsp3) is 0.385. The summed E-state index contributed by atoms with van der Waals surface area (Å²) >= 11 is 0. The van der Waals surface area contributed by atoms with E-state index in [1.165, 1.54) is 0 Å². The number of benzene rings is 1. The molecule has 0 saturated heterocycles. The third-order valence-corrected chi connectivity index (χ3v) is 3.72. The van der Waals surface area contributed by atoms with Gasteiger partial charge in [-0.05, 0) is 36.6 Å². The molecule has 7 heteroatoms. The molecule has 1 aliphatic carbocycles. The van der Waals surface area contributed by atoms with Crippen molar-refractivity contribution in [2.45, 2.75) is 24.8 Å². The number of nitrogens with one attached hydrogen (secondary N) is 2. The van der Waals surface area contributed by atoms with Gasteiger partial charge >= 0.3 is 0 Å². The summed E-state index contributed by atoms with van der Waals surface area (Å²) in [7, 11) is 0. The Labute approximate surface area is 115 Å². The van der Waals surface area contributed by atoms with Crippen molar-refractivity contribution in [1.29, 1.82) is 0 Å². The lowest BCUT2D eigenvalue weighted by Crippen LogP contribution is -2.56. The number of carbonyl (C=O) groups excluding carboxylic acids is 1. The van der Waals surface area contributed by atoms with Gasteiger partial charge in [0.1, 0.15) is 0 Å². The standard InChI is InChI=1S/C13H15N5O2/c19-8-13(5-2-6-13)14-12(20)10-4-1-3-9(7-10)11-15-17-18-16-11/h1,3-4,7,19H,2,5-6,8H2,(H,14,20)(H,15,16,17,18). The molecule has 3 N–H and O–H groups in total. The Morgan fingerprint density at radius 2 is 2.30 bits per heavy atom. The van der Waals surface area contributed by atoms with Crippen LogP contribution in [0.2, 0.25) is 0 Å². The molecular weight excluding hydrogens is 258 g/mol. The molecule has 1 aromatic heterocycles. The Kier molecular flexibility index (Phi) is 3.19. The number of H-pyrrole nitrogens is 1. The summed E-state index contributed by atoms with van der Waals surface area (Å²) in [4.78, 5) is 12.2. The van der Waals surface area contributed by atoms with Crippen LogP contribution in [0.25, 0.3) is 11.4 Å². The van der Waals surface area contributed by atoms with Crippen molar-refractivity contribution in [3.8, 4) is 11.4 Å². The van der Waals surface area contributed by atoms with Crippen LogP contribution in [0.4, 0.5) is 0 Å². The van der Waals surface area contributed by atoms with Crippen LogP contribution in [-0.4, -0.2) is 43.8 Å². The molecule has 0 bridgehead atoms. The summed E-state index contributed by atoms with van der Waals surface area (Å²) < 4.78 is 0. The third kappa shape index (κ3) is 2.27. The molecule has 7 nitrogen and oxygen atoms in total. The highest BCUT2D eigenvalue weighted by atomic mass is 16.3. The number of nitrogens with zero attached hydrogens (tertiary/aromatic N) is 3. The summed E-state index contributed by atoms with van der Waals surface area (Å²) in [6, 6.07) is 7.02. The Hall–Kier alpha value is -2.28.